The van der Waals surface area contributed by atoms with Crippen LogP contribution in [0.1, 0.15) is 27.6 Å². The smallest absolute Gasteiger partial charge is 0.341 e. The molecular weight excluding hydrogens is 297 g/mol. The van der Waals surface area contributed by atoms with Gasteiger partial charge in [0.2, 0.25) is 5.78 Å². The second-order valence-electron chi connectivity index (χ2n) is 5.17. The van der Waals surface area contributed by atoms with Gasteiger partial charge in [-0.15, -0.1) is 0 Å². The zero-order valence-corrected chi connectivity index (χ0v) is 12.4. The summed E-state index contributed by atoms with van der Waals surface area (Å²) < 4.78 is 18.1. The number of Topliss-reactive ketones (excluding diaryl/α,β-unsaturated/α-hetero) is 1. The molecule has 0 fully saturated rings. The maximum Gasteiger partial charge on any atom is 0.341 e. The second-order valence-corrected chi connectivity index (χ2v) is 5.17. The van der Waals surface area contributed by atoms with Crippen LogP contribution in [0, 0.1) is 5.82 Å². The van der Waals surface area contributed by atoms with E-state index in [4.69, 9.17) is 4.74 Å². The predicted octanol–water partition coefficient (Wildman–Crippen LogP) is 3.74. The largest absolute Gasteiger partial charge is 0.451 e. The van der Waals surface area contributed by atoms with Gasteiger partial charge < -0.3 is 9.72 Å². The van der Waals surface area contributed by atoms with E-state index in [0.29, 0.717) is 11.1 Å². The molecule has 5 heteroatoms. The van der Waals surface area contributed by atoms with Crippen LogP contribution in [0.4, 0.5) is 4.39 Å². The summed E-state index contributed by atoms with van der Waals surface area (Å²) in [5.41, 5.74) is 1.49. The molecule has 0 amide bonds. The van der Waals surface area contributed by atoms with Crippen molar-refractivity contribution in [2.24, 2.45) is 0 Å². The molecule has 0 aliphatic carbocycles. The van der Waals surface area contributed by atoms with Crippen molar-refractivity contribution in [1.82, 2.24) is 4.98 Å². The number of H-pyrrole nitrogens is 1. The molecule has 0 radical (unpaired) electrons. The van der Waals surface area contributed by atoms with Crippen LogP contribution in [0.3, 0.4) is 0 Å². The van der Waals surface area contributed by atoms with Gasteiger partial charge in [-0.05, 0) is 37.3 Å². The minimum atomic E-state index is -0.957. The lowest BCUT2D eigenvalue weighted by atomic mass is 10.1. The summed E-state index contributed by atoms with van der Waals surface area (Å²) in [6, 6.07) is 12.5. The Bertz CT molecular complexity index is 867. The third-order valence-electron chi connectivity index (χ3n) is 3.59. The van der Waals surface area contributed by atoms with Crippen LogP contribution < -0.4 is 0 Å². The Labute approximate surface area is 131 Å². The molecule has 1 heterocycles. The summed E-state index contributed by atoms with van der Waals surface area (Å²) in [6.45, 7) is 1.50. The predicted molar refractivity (Wildman–Crippen MR) is 83.9 cm³/mol. The Hall–Kier alpha value is -2.95. The summed E-state index contributed by atoms with van der Waals surface area (Å²) in [5, 5.41) is 0.735. The molecule has 1 N–H and O–H groups in total. The lowest BCUT2D eigenvalue weighted by Gasteiger charge is -2.12. The van der Waals surface area contributed by atoms with E-state index in [0.717, 1.165) is 10.9 Å². The fraction of sp³-hybridized carbons (Fsp3) is 0.111. The van der Waals surface area contributed by atoms with E-state index in [9.17, 15) is 14.0 Å². The normalized spacial score (nSPS) is 12.1. The van der Waals surface area contributed by atoms with Crippen molar-refractivity contribution < 1.29 is 18.7 Å². The van der Waals surface area contributed by atoms with Crippen LogP contribution >= 0.6 is 0 Å². The second kappa shape index (κ2) is 6.04. The molecule has 0 aliphatic rings. The van der Waals surface area contributed by atoms with E-state index in [1.807, 2.05) is 18.2 Å². The molecule has 0 saturated heterocycles. The summed E-state index contributed by atoms with van der Waals surface area (Å²) in [4.78, 5) is 27.5. The highest BCUT2D eigenvalue weighted by Gasteiger charge is 2.22. The Morgan fingerprint density at radius 3 is 2.52 bits per heavy atom. The Kier molecular flexibility index (Phi) is 3.93. The van der Waals surface area contributed by atoms with Gasteiger partial charge in [0.15, 0.2) is 6.10 Å². The molecule has 1 aromatic heterocycles. The number of aromatic amines is 1. The van der Waals surface area contributed by atoms with Gasteiger partial charge in [-0.3, -0.25) is 4.79 Å². The van der Waals surface area contributed by atoms with Crippen molar-refractivity contribution in [3.05, 3.63) is 71.7 Å². The van der Waals surface area contributed by atoms with Crippen molar-refractivity contribution in [3.8, 4) is 0 Å². The Morgan fingerprint density at radius 1 is 1.09 bits per heavy atom. The first kappa shape index (κ1) is 15.0. The number of ketones is 1. The van der Waals surface area contributed by atoms with Crippen molar-refractivity contribution in [2.75, 3.05) is 0 Å². The third-order valence-corrected chi connectivity index (χ3v) is 3.59. The number of fused-ring (bicyclic) bond motifs is 1. The number of carbonyl (C=O) groups excluding carboxylic acids is 2. The highest BCUT2D eigenvalue weighted by atomic mass is 19.1. The van der Waals surface area contributed by atoms with Gasteiger partial charge in [0.25, 0.3) is 0 Å². The summed E-state index contributed by atoms with van der Waals surface area (Å²) in [6.07, 6.45) is 0.601. The number of ether oxygens (including phenoxy) is 1. The van der Waals surface area contributed by atoms with E-state index in [1.165, 1.54) is 31.2 Å². The summed E-state index contributed by atoms with van der Waals surface area (Å²) in [5.74, 6) is -1.38. The fourth-order valence-corrected chi connectivity index (χ4v) is 2.37. The van der Waals surface area contributed by atoms with E-state index >= 15 is 0 Å². The van der Waals surface area contributed by atoms with Gasteiger partial charge in [-0.2, -0.15) is 0 Å². The molecule has 2 aromatic carbocycles. The minimum absolute atomic E-state index is 0.297. The van der Waals surface area contributed by atoms with Gasteiger partial charge >= 0.3 is 5.97 Å². The van der Waals surface area contributed by atoms with E-state index < -0.39 is 17.9 Å². The highest BCUT2D eigenvalue weighted by molar-refractivity contribution is 6.06. The lowest BCUT2D eigenvalue weighted by Crippen LogP contribution is -2.24. The quantitative estimate of drug-likeness (QED) is 0.590. The molecule has 3 rings (SSSR count). The van der Waals surface area contributed by atoms with E-state index in [-0.39, 0.29) is 5.78 Å². The monoisotopic (exact) mass is 311 g/mol. The number of hydrogen-bond donors (Lipinski definition) is 1. The van der Waals surface area contributed by atoms with E-state index in [2.05, 4.69) is 4.98 Å². The molecule has 0 saturated carbocycles. The standard InChI is InChI=1S/C18H14FNO3/c1-11(17(21)12-6-8-13(19)9-7-12)23-18(22)15-10-20-16-5-3-2-4-14(15)16/h2-11,20H,1H3/t11-/m1/s1. The number of esters is 1. The van der Waals surface area contributed by atoms with Crippen molar-refractivity contribution in [3.63, 3.8) is 0 Å². The topological polar surface area (TPSA) is 59.2 Å². The Morgan fingerprint density at radius 2 is 1.78 bits per heavy atom. The third kappa shape index (κ3) is 2.99. The van der Waals surface area contributed by atoms with Crippen LogP contribution in [-0.2, 0) is 4.74 Å². The average molecular weight is 311 g/mol. The first-order chi connectivity index (χ1) is 11.1. The number of rotatable bonds is 4. The number of hydrogen-bond acceptors (Lipinski definition) is 3. The number of aromatic nitrogens is 1. The van der Waals surface area contributed by atoms with Crippen molar-refractivity contribution >= 4 is 22.7 Å². The molecule has 4 nitrogen and oxygen atoms in total. The maximum atomic E-state index is 12.9. The fourth-order valence-electron chi connectivity index (χ4n) is 2.37. The summed E-state index contributed by atoms with van der Waals surface area (Å²) in [7, 11) is 0. The van der Waals surface area contributed by atoms with Gasteiger partial charge in [0.1, 0.15) is 5.82 Å². The molecule has 0 spiro atoms. The molecule has 1 atom stereocenters. The van der Waals surface area contributed by atoms with Crippen LogP contribution in [0.5, 0.6) is 0 Å². The van der Waals surface area contributed by atoms with Gasteiger partial charge in [0.05, 0.1) is 5.56 Å². The van der Waals surface area contributed by atoms with Crippen LogP contribution in [0.2, 0.25) is 0 Å². The zero-order valence-electron chi connectivity index (χ0n) is 12.4. The first-order valence-corrected chi connectivity index (χ1v) is 7.13. The lowest BCUT2D eigenvalue weighted by molar-refractivity contribution is 0.0320. The van der Waals surface area contributed by atoms with Crippen LogP contribution in [0.25, 0.3) is 10.9 Å². The number of halogens is 1. The molecule has 0 bridgehead atoms. The highest BCUT2D eigenvalue weighted by Crippen LogP contribution is 2.19. The number of para-hydroxylation sites is 1. The number of carbonyl (C=O) groups is 2. The summed E-state index contributed by atoms with van der Waals surface area (Å²) >= 11 is 0. The average Bonchev–Trinajstić information content (AvgIpc) is 2.99. The first-order valence-electron chi connectivity index (χ1n) is 7.13. The van der Waals surface area contributed by atoms with Crippen molar-refractivity contribution in [2.45, 2.75) is 13.0 Å². The maximum absolute atomic E-state index is 12.9. The minimum Gasteiger partial charge on any atom is -0.451 e. The molecule has 116 valence electrons. The molecule has 0 aliphatic heterocycles. The van der Waals surface area contributed by atoms with Crippen LogP contribution in [-0.4, -0.2) is 22.8 Å². The Balaban J connectivity index is 1.77. The van der Waals surface area contributed by atoms with Gasteiger partial charge in [-0.1, -0.05) is 18.2 Å². The van der Waals surface area contributed by atoms with Crippen molar-refractivity contribution in [1.29, 1.82) is 0 Å². The number of nitrogens with one attached hydrogen (secondary N) is 1. The molecular formula is C18H14FNO3. The molecule has 3 aromatic rings. The van der Waals surface area contributed by atoms with E-state index in [1.54, 1.807) is 12.3 Å². The zero-order chi connectivity index (χ0) is 16.4. The number of benzene rings is 2. The molecule has 0 unspecified atom stereocenters. The molecule has 23 heavy (non-hydrogen) atoms. The SMILES string of the molecule is C[C@@H](OC(=O)c1c[nH]c2ccccc12)C(=O)c1ccc(F)cc1. The van der Waals surface area contributed by atoms with Gasteiger partial charge in [0, 0.05) is 22.7 Å². The van der Waals surface area contributed by atoms with Gasteiger partial charge in [-0.25, -0.2) is 9.18 Å². The van der Waals surface area contributed by atoms with Crippen LogP contribution in [0.15, 0.2) is 54.7 Å².